The summed E-state index contributed by atoms with van der Waals surface area (Å²) in [7, 11) is 0. The second-order valence-corrected chi connectivity index (χ2v) is 6.06. The smallest absolute Gasteiger partial charge is 0.319 e. The van der Waals surface area contributed by atoms with Crippen LogP contribution in [0.2, 0.25) is 0 Å². The summed E-state index contributed by atoms with van der Waals surface area (Å²) in [6.07, 6.45) is 2.77. The molecule has 0 spiro atoms. The van der Waals surface area contributed by atoms with E-state index in [1.54, 1.807) is 6.26 Å². The summed E-state index contributed by atoms with van der Waals surface area (Å²) in [4.78, 5) is 16.4. The Morgan fingerprint density at radius 1 is 1.29 bits per heavy atom. The van der Waals surface area contributed by atoms with E-state index in [0.29, 0.717) is 24.4 Å². The number of rotatable bonds is 6. The molecule has 1 aromatic carbocycles. The maximum Gasteiger partial charge on any atom is 0.319 e. The molecule has 6 nitrogen and oxygen atoms in total. The first-order valence-corrected chi connectivity index (χ1v) is 8.17. The minimum atomic E-state index is -0.870. The molecule has 0 aliphatic rings. The van der Waals surface area contributed by atoms with Crippen LogP contribution in [0.3, 0.4) is 0 Å². The molecule has 24 heavy (non-hydrogen) atoms. The molecule has 0 radical (unpaired) electrons. The molecule has 0 bridgehead atoms. The molecule has 6 heteroatoms. The number of aryl methyl sites for hydroxylation is 2. The molecule has 0 aliphatic carbocycles. The molecule has 1 aromatic heterocycles. The summed E-state index contributed by atoms with van der Waals surface area (Å²) in [5, 5.41) is 15.7. The van der Waals surface area contributed by atoms with Gasteiger partial charge in [0.2, 0.25) is 5.89 Å². The van der Waals surface area contributed by atoms with Gasteiger partial charge in [-0.3, -0.25) is 0 Å². The Bertz CT molecular complexity index is 705. The lowest BCUT2D eigenvalue weighted by Crippen LogP contribution is -2.43. The van der Waals surface area contributed by atoms with Crippen LogP contribution in [0.15, 0.2) is 28.9 Å². The van der Waals surface area contributed by atoms with Crippen LogP contribution < -0.4 is 10.6 Å². The fourth-order valence-corrected chi connectivity index (χ4v) is 2.33. The van der Waals surface area contributed by atoms with Gasteiger partial charge in [-0.1, -0.05) is 19.9 Å². The largest absolute Gasteiger partial charge is 0.444 e. The number of oxazole rings is 1. The molecule has 0 saturated heterocycles. The van der Waals surface area contributed by atoms with E-state index >= 15 is 0 Å². The number of hydrogen-bond acceptors (Lipinski definition) is 4. The highest BCUT2D eigenvalue weighted by Crippen LogP contribution is 2.26. The molecule has 0 saturated carbocycles. The highest BCUT2D eigenvalue weighted by Gasteiger charge is 2.22. The molecule has 130 valence electrons. The van der Waals surface area contributed by atoms with E-state index < -0.39 is 5.60 Å². The van der Waals surface area contributed by atoms with Crippen LogP contribution in [-0.4, -0.2) is 28.3 Å². The lowest BCUT2D eigenvalue weighted by Gasteiger charge is -2.25. The van der Waals surface area contributed by atoms with E-state index in [4.69, 9.17) is 4.42 Å². The maximum absolute atomic E-state index is 12.1. The third-order valence-electron chi connectivity index (χ3n) is 4.24. The first kappa shape index (κ1) is 18.0. The van der Waals surface area contributed by atoms with Gasteiger partial charge in [-0.25, -0.2) is 9.78 Å². The van der Waals surface area contributed by atoms with Crippen LogP contribution in [0.5, 0.6) is 0 Å². The number of aromatic nitrogens is 1. The average Bonchev–Trinajstić information content (AvgIpc) is 3.00. The fraction of sp³-hybridized carbons (Fsp3) is 0.444. The van der Waals surface area contributed by atoms with Crippen molar-refractivity contribution in [2.24, 2.45) is 0 Å². The van der Waals surface area contributed by atoms with Crippen LogP contribution in [-0.2, 0) is 0 Å². The number of carbonyl (C=O) groups is 1. The molecule has 2 amide bonds. The number of aliphatic hydroxyl groups is 1. The molecule has 0 aliphatic heterocycles. The molecular formula is C18H25N3O3. The summed E-state index contributed by atoms with van der Waals surface area (Å²) in [6.45, 7) is 7.83. The topological polar surface area (TPSA) is 87.4 Å². The lowest BCUT2D eigenvalue weighted by molar-refractivity contribution is 0.0354. The maximum atomic E-state index is 12.1. The van der Waals surface area contributed by atoms with Gasteiger partial charge < -0.3 is 20.2 Å². The van der Waals surface area contributed by atoms with Crippen molar-refractivity contribution in [3.05, 3.63) is 35.7 Å². The summed E-state index contributed by atoms with van der Waals surface area (Å²) in [5.74, 6) is 0.528. The molecule has 2 rings (SSSR count). The Kier molecular flexibility index (Phi) is 5.62. The van der Waals surface area contributed by atoms with Crippen molar-refractivity contribution in [2.45, 2.75) is 46.1 Å². The van der Waals surface area contributed by atoms with Gasteiger partial charge in [0.25, 0.3) is 0 Å². The van der Waals surface area contributed by atoms with Gasteiger partial charge >= 0.3 is 6.03 Å². The van der Waals surface area contributed by atoms with Gasteiger partial charge in [0.1, 0.15) is 6.26 Å². The van der Waals surface area contributed by atoms with Crippen LogP contribution in [0.1, 0.15) is 37.9 Å². The molecule has 0 unspecified atom stereocenters. The van der Waals surface area contributed by atoms with Crippen LogP contribution in [0, 0.1) is 13.8 Å². The third-order valence-corrected chi connectivity index (χ3v) is 4.24. The Balaban J connectivity index is 2.06. The van der Waals surface area contributed by atoms with Gasteiger partial charge in [-0.05, 0) is 44.4 Å². The lowest BCUT2D eigenvalue weighted by atomic mass is 9.98. The first-order chi connectivity index (χ1) is 11.4. The minimum absolute atomic E-state index is 0.212. The Hall–Kier alpha value is -2.34. The van der Waals surface area contributed by atoms with Gasteiger partial charge in [0, 0.05) is 17.8 Å². The van der Waals surface area contributed by atoms with Crippen molar-refractivity contribution < 1.29 is 14.3 Å². The zero-order valence-corrected chi connectivity index (χ0v) is 14.6. The van der Waals surface area contributed by atoms with Crippen molar-refractivity contribution >= 4 is 11.7 Å². The molecule has 1 heterocycles. The molecular weight excluding hydrogens is 306 g/mol. The predicted molar refractivity (Wildman–Crippen MR) is 94.0 cm³/mol. The predicted octanol–water partition coefficient (Wildman–Crippen LogP) is 3.63. The number of nitrogens with zero attached hydrogens (tertiary/aromatic N) is 1. The van der Waals surface area contributed by atoms with E-state index in [1.807, 2.05) is 45.9 Å². The Morgan fingerprint density at radius 2 is 2.00 bits per heavy atom. The standard InChI is InChI=1S/C18H25N3O3/c1-5-18(23,6-2)11-19-17(22)21-14-8-7-12(3)15(9-14)16-20-13(4)10-24-16/h7-10,23H,5-6,11H2,1-4H3,(H2,19,21,22). The number of benzene rings is 1. The van der Waals surface area contributed by atoms with Crippen molar-refractivity contribution in [1.29, 1.82) is 0 Å². The Labute approximate surface area is 142 Å². The normalized spacial score (nSPS) is 11.4. The van der Waals surface area contributed by atoms with Crippen molar-refractivity contribution in [1.82, 2.24) is 10.3 Å². The number of carbonyl (C=O) groups excluding carboxylic acids is 1. The molecule has 3 N–H and O–H groups in total. The van der Waals surface area contributed by atoms with E-state index in [1.165, 1.54) is 0 Å². The monoisotopic (exact) mass is 331 g/mol. The first-order valence-electron chi connectivity index (χ1n) is 8.17. The Morgan fingerprint density at radius 3 is 2.58 bits per heavy atom. The summed E-state index contributed by atoms with van der Waals surface area (Å²) in [5.41, 5.74) is 2.42. The highest BCUT2D eigenvalue weighted by atomic mass is 16.3. The van der Waals surface area contributed by atoms with E-state index in [9.17, 15) is 9.90 Å². The molecule has 2 aromatic rings. The number of anilines is 1. The third kappa shape index (κ3) is 4.35. The number of amides is 2. The van der Waals surface area contributed by atoms with Gasteiger partial charge in [0.15, 0.2) is 0 Å². The van der Waals surface area contributed by atoms with E-state index in [-0.39, 0.29) is 12.6 Å². The minimum Gasteiger partial charge on any atom is -0.444 e. The van der Waals surface area contributed by atoms with Crippen LogP contribution >= 0.6 is 0 Å². The average molecular weight is 331 g/mol. The van der Waals surface area contributed by atoms with Crippen molar-refractivity contribution in [2.75, 3.05) is 11.9 Å². The van der Waals surface area contributed by atoms with Gasteiger partial charge in [-0.2, -0.15) is 0 Å². The van der Waals surface area contributed by atoms with Gasteiger partial charge in [0.05, 0.1) is 11.3 Å². The van der Waals surface area contributed by atoms with Crippen molar-refractivity contribution in [3.8, 4) is 11.5 Å². The highest BCUT2D eigenvalue weighted by molar-refractivity contribution is 5.90. The van der Waals surface area contributed by atoms with E-state index in [2.05, 4.69) is 15.6 Å². The summed E-state index contributed by atoms with van der Waals surface area (Å²) in [6, 6.07) is 5.19. The van der Waals surface area contributed by atoms with E-state index in [0.717, 1.165) is 16.8 Å². The second kappa shape index (κ2) is 7.49. The summed E-state index contributed by atoms with van der Waals surface area (Å²) < 4.78 is 5.44. The number of urea groups is 1. The summed E-state index contributed by atoms with van der Waals surface area (Å²) >= 11 is 0. The SMILES string of the molecule is CCC(O)(CC)CNC(=O)Nc1ccc(C)c(-c2nc(C)co2)c1. The fourth-order valence-electron chi connectivity index (χ4n) is 2.33. The van der Waals surface area contributed by atoms with Crippen LogP contribution in [0.25, 0.3) is 11.5 Å². The van der Waals surface area contributed by atoms with Crippen LogP contribution in [0.4, 0.5) is 10.5 Å². The van der Waals surface area contributed by atoms with Crippen molar-refractivity contribution in [3.63, 3.8) is 0 Å². The van der Waals surface area contributed by atoms with Gasteiger partial charge in [-0.15, -0.1) is 0 Å². The quantitative estimate of drug-likeness (QED) is 0.754. The zero-order chi connectivity index (χ0) is 17.7. The second-order valence-electron chi connectivity index (χ2n) is 6.06. The number of nitrogens with one attached hydrogen (secondary N) is 2. The molecule has 0 atom stereocenters. The number of hydrogen-bond donors (Lipinski definition) is 3. The zero-order valence-electron chi connectivity index (χ0n) is 14.6. The molecule has 0 fully saturated rings.